The average molecular weight is 288 g/mol. The molecule has 1 fully saturated rings. The van der Waals surface area contributed by atoms with Crippen LogP contribution in [0.2, 0.25) is 0 Å². The predicted octanol–water partition coefficient (Wildman–Crippen LogP) is 2.63. The fraction of sp³-hybridized carbons (Fsp3) is 0.438. The maximum absolute atomic E-state index is 10.3. The number of aliphatic hydroxyl groups is 1. The highest BCUT2D eigenvalue weighted by Gasteiger charge is 2.32. The molecule has 2 aromatic rings. The molecule has 0 amide bonds. The molecule has 2 atom stereocenters. The molecule has 1 aliphatic rings. The first-order chi connectivity index (χ1) is 9.72. The van der Waals surface area contributed by atoms with Crippen molar-refractivity contribution in [3.8, 4) is 0 Å². The quantitative estimate of drug-likeness (QED) is 0.939. The predicted molar refractivity (Wildman–Crippen MR) is 81.8 cm³/mol. The molecule has 4 heteroatoms. The minimum Gasteiger partial charge on any atom is -0.391 e. The second kappa shape index (κ2) is 6.04. The van der Waals surface area contributed by atoms with Gasteiger partial charge in [0, 0.05) is 41.3 Å². The number of likely N-dealkylation sites (tertiary alicyclic amines) is 1. The van der Waals surface area contributed by atoms with Gasteiger partial charge in [-0.15, -0.1) is 11.3 Å². The van der Waals surface area contributed by atoms with Gasteiger partial charge in [-0.25, -0.2) is 0 Å². The topological polar surface area (TPSA) is 36.4 Å². The number of aliphatic hydroxyl groups excluding tert-OH is 1. The summed E-state index contributed by atoms with van der Waals surface area (Å²) in [6, 6.07) is 8.68. The van der Waals surface area contributed by atoms with Crippen molar-refractivity contribution in [3.63, 3.8) is 0 Å². The second-order valence-electron chi connectivity index (χ2n) is 5.47. The fourth-order valence-electron chi connectivity index (χ4n) is 2.89. The second-order valence-corrected chi connectivity index (χ2v) is 6.84. The lowest BCUT2D eigenvalue weighted by molar-refractivity contribution is 0.113. The van der Waals surface area contributed by atoms with Gasteiger partial charge in [0.15, 0.2) is 0 Å². The number of pyridine rings is 1. The van der Waals surface area contributed by atoms with E-state index in [9.17, 15) is 5.11 Å². The summed E-state index contributed by atoms with van der Waals surface area (Å²) in [6.07, 6.45) is 5.20. The van der Waals surface area contributed by atoms with Crippen LogP contribution in [0.15, 0.2) is 36.7 Å². The van der Waals surface area contributed by atoms with E-state index in [1.54, 1.807) is 0 Å². The highest BCUT2D eigenvalue weighted by atomic mass is 32.1. The van der Waals surface area contributed by atoms with Crippen LogP contribution in [0, 0.1) is 6.92 Å². The Morgan fingerprint density at radius 3 is 2.80 bits per heavy atom. The van der Waals surface area contributed by atoms with E-state index in [-0.39, 0.29) is 12.1 Å². The normalized spacial score (nSPS) is 23.3. The third-order valence-corrected chi connectivity index (χ3v) is 4.96. The molecular weight excluding hydrogens is 268 g/mol. The number of hydrogen-bond donors (Lipinski definition) is 1. The third-order valence-electron chi connectivity index (χ3n) is 3.97. The largest absolute Gasteiger partial charge is 0.391 e. The van der Waals surface area contributed by atoms with E-state index < -0.39 is 0 Å². The van der Waals surface area contributed by atoms with Gasteiger partial charge in [0.25, 0.3) is 0 Å². The highest BCUT2D eigenvalue weighted by Crippen LogP contribution is 2.26. The number of aromatic nitrogens is 1. The molecular formula is C16H20N2OS. The number of thiophene rings is 1. The Morgan fingerprint density at radius 2 is 2.10 bits per heavy atom. The van der Waals surface area contributed by atoms with E-state index in [4.69, 9.17) is 0 Å². The zero-order valence-electron chi connectivity index (χ0n) is 11.7. The SMILES string of the molecule is Cc1ccc(CN2CC[C@@H](O)[C@H]2Cc2ccncc2)s1. The molecule has 0 spiro atoms. The van der Waals surface area contributed by atoms with Crippen molar-refractivity contribution in [3.05, 3.63) is 52.0 Å². The molecule has 1 aliphatic heterocycles. The summed E-state index contributed by atoms with van der Waals surface area (Å²) in [7, 11) is 0. The van der Waals surface area contributed by atoms with Crippen LogP contribution in [0.5, 0.6) is 0 Å². The Bertz CT molecular complexity index is 555. The molecule has 1 N–H and O–H groups in total. The minimum atomic E-state index is -0.218. The lowest BCUT2D eigenvalue weighted by atomic mass is 10.0. The summed E-state index contributed by atoms with van der Waals surface area (Å²) in [5.41, 5.74) is 1.25. The maximum Gasteiger partial charge on any atom is 0.0710 e. The standard InChI is InChI=1S/C16H20N2OS/c1-12-2-3-14(20-12)11-18-9-6-16(19)15(18)10-13-4-7-17-8-5-13/h2-5,7-8,15-16,19H,6,9-11H2,1H3/t15-,16-/m1/s1. The Labute approximate surface area is 123 Å². The van der Waals surface area contributed by atoms with Crippen molar-refractivity contribution in [2.45, 2.75) is 38.5 Å². The molecule has 0 unspecified atom stereocenters. The number of aryl methyl sites for hydroxylation is 1. The van der Waals surface area contributed by atoms with Gasteiger partial charge in [-0.1, -0.05) is 0 Å². The summed E-state index contributed by atoms with van der Waals surface area (Å²) < 4.78 is 0. The van der Waals surface area contributed by atoms with Crippen molar-refractivity contribution < 1.29 is 5.11 Å². The Hall–Kier alpha value is -1.23. The van der Waals surface area contributed by atoms with Crippen LogP contribution in [0.1, 0.15) is 21.7 Å². The van der Waals surface area contributed by atoms with Gasteiger partial charge in [-0.2, -0.15) is 0 Å². The Morgan fingerprint density at radius 1 is 1.30 bits per heavy atom. The van der Waals surface area contributed by atoms with Gasteiger partial charge < -0.3 is 5.11 Å². The van der Waals surface area contributed by atoms with Gasteiger partial charge in [0.05, 0.1) is 6.10 Å². The Kier molecular flexibility index (Phi) is 4.15. The maximum atomic E-state index is 10.3. The van der Waals surface area contributed by atoms with E-state index in [1.165, 1.54) is 15.3 Å². The van der Waals surface area contributed by atoms with Crippen molar-refractivity contribution in [2.75, 3.05) is 6.54 Å². The van der Waals surface area contributed by atoms with E-state index in [0.717, 1.165) is 25.9 Å². The van der Waals surface area contributed by atoms with Crippen LogP contribution >= 0.6 is 11.3 Å². The van der Waals surface area contributed by atoms with E-state index in [2.05, 4.69) is 28.9 Å². The summed E-state index contributed by atoms with van der Waals surface area (Å²) >= 11 is 1.85. The molecule has 106 valence electrons. The number of nitrogens with zero attached hydrogens (tertiary/aromatic N) is 2. The molecule has 3 heterocycles. The molecule has 0 aromatic carbocycles. The first-order valence-electron chi connectivity index (χ1n) is 7.09. The molecule has 1 saturated heterocycles. The summed E-state index contributed by atoms with van der Waals surface area (Å²) in [5.74, 6) is 0. The van der Waals surface area contributed by atoms with Gasteiger partial charge in [0.2, 0.25) is 0 Å². The van der Waals surface area contributed by atoms with Gasteiger partial charge in [-0.3, -0.25) is 9.88 Å². The summed E-state index contributed by atoms with van der Waals surface area (Å²) in [4.78, 5) is 9.20. The van der Waals surface area contributed by atoms with Crippen LogP contribution in [0.25, 0.3) is 0 Å². The molecule has 0 aliphatic carbocycles. The lowest BCUT2D eigenvalue weighted by Crippen LogP contribution is -2.36. The monoisotopic (exact) mass is 288 g/mol. The van der Waals surface area contributed by atoms with Crippen LogP contribution in [0.4, 0.5) is 0 Å². The van der Waals surface area contributed by atoms with Crippen molar-refractivity contribution in [1.29, 1.82) is 0 Å². The number of rotatable bonds is 4. The van der Waals surface area contributed by atoms with Crippen LogP contribution in [-0.2, 0) is 13.0 Å². The Balaban J connectivity index is 1.70. The van der Waals surface area contributed by atoms with Crippen LogP contribution in [0.3, 0.4) is 0 Å². The van der Waals surface area contributed by atoms with Crippen molar-refractivity contribution in [2.24, 2.45) is 0 Å². The van der Waals surface area contributed by atoms with Crippen molar-refractivity contribution in [1.82, 2.24) is 9.88 Å². The smallest absolute Gasteiger partial charge is 0.0710 e. The van der Waals surface area contributed by atoms with Gasteiger partial charge >= 0.3 is 0 Å². The summed E-state index contributed by atoms with van der Waals surface area (Å²) in [6.45, 7) is 4.07. The number of hydrogen-bond acceptors (Lipinski definition) is 4. The van der Waals surface area contributed by atoms with Crippen LogP contribution < -0.4 is 0 Å². The first-order valence-corrected chi connectivity index (χ1v) is 7.90. The molecule has 0 bridgehead atoms. The fourth-order valence-corrected chi connectivity index (χ4v) is 3.81. The molecule has 3 nitrogen and oxygen atoms in total. The van der Waals surface area contributed by atoms with Gasteiger partial charge in [0.1, 0.15) is 0 Å². The minimum absolute atomic E-state index is 0.218. The van der Waals surface area contributed by atoms with E-state index in [0.29, 0.717) is 0 Å². The summed E-state index contributed by atoms with van der Waals surface area (Å²) in [5, 5.41) is 10.3. The third kappa shape index (κ3) is 3.08. The first kappa shape index (κ1) is 13.7. The molecule has 20 heavy (non-hydrogen) atoms. The van der Waals surface area contributed by atoms with Crippen LogP contribution in [-0.4, -0.2) is 33.7 Å². The zero-order valence-corrected chi connectivity index (χ0v) is 12.5. The van der Waals surface area contributed by atoms with E-state index >= 15 is 0 Å². The molecule has 0 saturated carbocycles. The molecule has 0 radical (unpaired) electrons. The average Bonchev–Trinajstić information content (AvgIpc) is 3.01. The molecule has 2 aromatic heterocycles. The highest BCUT2D eigenvalue weighted by molar-refractivity contribution is 7.11. The molecule has 3 rings (SSSR count). The van der Waals surface area contributed by atoms with E-state index in [1.807, 2.05) is 35.9 Å². The lowest BCUT2D eigenvalue weighted by Gasteiger charge is -2.25. The van der Waals surface area contributed by atoms with Crippen molar-refractivity contribution >= 4 is 11.3 Å². The van der Waals surface area contributed by atoms with Gasteiger partial charge in [-0.05, 0) is 49.6 Å². The zero-order chi connectivity index (χ0) is 13.9.